The zero-order valence-electron chi connectivity index (χ0n) is 17.6. The quantitative estimate of drug-likeness (QED) is 0.664. The number of aliphatic hydroxyl groups excluding tert-OH is 1. The number of hydrogen-bond acceptors (Lipinski definition) is 2. The van der Waals surface area contributed by atoms with Gasteiger partial charge in [-0.1, -0.05) is 77.1 Å². The highest BCUT2D eigenvalue weighted by atomic mass is 32.1. The molecule has 2 rings (SSSR count). The summed E-state index contributed by atoms with van der Waals surface area (Å²) in [4.78, 5) is 1.28. The Kier molecular flexibility index (Phi) is 6.68. The molecular formula is C23H36NOS+. The van der Waals surface area contributed by atoms with Crippen molar-refractivity contribution in [2.75, 3.05) is 6.61 Å². The Morgan fingerprint density at radius 1 is 1.04 bits per heavy atom. The van der Waals surface area contributed by atoms with Crippen LogP contribution in [0.5, 0.6) is 0 Å². The second kappa shape index (κ2) is 8.22. The van der Waals surface area contributed by atoms with Gasteiger partial charge >= 0.3 is 0 Å². The third-order valence-electron chi connectivity index (χ3n) is 5.09. The van der Waals surface area contributed by atoms with E-state index in [0.29, 0.717) is 11.3 Å². The van der Waals surface area contributed by atoms with Crippen LogP contribution in [-0.2, 0) is 13.0 Å². The van der Waals surface area contributed by atoms with Crippen LogP contribution in [0.15, 0.2) is 29.8 Å². The van der Waals surface area contributed by atoms with Gasteiger partial charge in [-0.05, 0) is 28.7 Å². The molecule has 0 fully saturated rings. The minimum Gasteiger partial charge on any atom is -0.396 e. The summed E-state index contributed by atoms with van der Waals surface area (Å²) in [6, 6.07) is 9.22. The minimum absolute atomic E-state index is 0.220. The van der Waals surface area contributed by atoms with Crippen molar-refractivity contribution in [3.8, 4) is 0 Å². The van der Waals surface area contributed by atoms with Crippen molar-refractivity contribution in [2.45, 2.75) is 73.8 Å². The molecule has 2 aromatic rings. The predicted octanol–water partition coefficient (Wildman–Crippen LogP) is 5.49. The first-order valence-corrected chi connectivity index (χ1v) is 10.6. The van der Waals surface area contributed by atoms with Crippen molar-refractivity contribution in [1.29, 1.82) is 0 Å². The van der Waals surface area contributed by atoms with Crippen molar-refractivity contribution in [1.82, 2.24) is 0 Å². The monoisotopic (exact) mass is 374 g/mol. The van der Waals surface area contributed by atoms with Crippen LogP contribution in [0.2, 0.25) is 0 Å². The number of thiazole rings is 1. The van der Waals surface area contributed by atoms with E-state index in [9.17, 15) is 0 Å². The molecule has 2 nitrogen and oxygen atoms in total. The van der Waals surface area contributed by atoms with Gasteiger partial charge in [0.25, 0.3) is 0 Å². The van der Waals surface area contributed by atoms with Gasteiger partial charge in [0.15, 0.2) is 12.2 Å². The van der Waals surface area contributed by atoms with Gasteiger partial charge in [0.05, 0.1) is 4.88 Å². The molecule has 0 aliphatic rings. The lowest BCUT2D eigenvalue weighted by Crippen LogP contribution is -2.35. The largest absolute Gasteiger partial charge is 0.396 e. The van der Waals surface area contributed by atoms with Crippen molar-refractivity contribution < 1.29 is 9.67 Å². The molecule has 0 saturated heterocycles. The molecule has 1 N–H and O–H groups in total. The Morgan fingerprint density at radius 2 is 1.65 bits per heavy atom. The Bertz CT molecular complexity index is 701. The smallest absolute Gasteiger partial charge is 0.225 e. The fraction of sp³-hybridized carbons (Fsp3) is 0.609. The number of aliphatic hydroxyl groups is 1. The van der Waals surface area contributed by atoms with Crippen molar-refractivity contribution in [3.63, 3.8) is 0 Å². The number of rotatable bonds is 6. The number of nitrogens with zero attached hydrogens (tertiary/aromatic N) is 1. The topological polar surface area (TPSA) is 24.1 Å². The van der Waals surface area contributed by atoms with Gasteiger partial charge in [0, 0.05) is 25.5 Å². The molecule has 1 atom stereocenters. The molecule has 1 unspecified atom stereocenters. The minimum atomic E-state index is 0.220. The number of hydrogen-bond donors (Lipinski definition) is 1. The number of benzene rings is 1. The highest BCUT2D eigenvalue weighted by Gasteiger charge is 2.30. The predicted molar refractivity (Wildman–Crippen MR) is 112 cm³/mol. The normalized spacial score (nSPS) is 13.8. The second-order valence-electron chi connectivity index (χ2n) is 9.76. The van der Waals surface area contributed by atoms with Crippen LogP contribution in [-0.4, -0.2) is 11.7 Å². The van der Waals surface area contributed by atoms with Gasteiger partial charge in [-0.2, -0.15) is 4.57 Å². The highest BCUT2D eigenvalue weighted by molar-refractivity contribution is 7.09. The van der Waals surface area contributed by atoms with Gasteiger partial charge in [0.2, 0.25) is 5.51 Å². The molecule has 26 heavy (non-hydrogen) atoms. The zero-order valence-corrected chi connectivity index (χ0v) is 18.4. The summed E-state index contributed by atoms with van der Waals surface area (Å²) < 4.78 is 2.29. The molecule has 0 saturated carbocycles. The lowest BCUT2D eigenvalue weighted by molar-refractivity contribution is -0.689. The maximum atomic E-state index is 9.17. The van der Waals surface area contributed by atoms with E-state index in [4.69, 9.17) is 5.11 Å². The Hall–Kier alpha value is -1.19. The van der Waals surface area contributed by atoms with Crippen molar-refractivity contribution in [2.24, 2.45) is 10.8 Å². The zero-order chi connectivity index (χ0) is 19.5. The third-order valence-corrected chi connectivity index (χ3v) is 6.24. The molecule has 3 heteroatoms. The van der Waals surface area contributed by atoms with Gasteiger partial charge in [-0.15, -0.1) is 0 Å². The van der Waals surface area contributed by atoms with E-state index < -0.39 is 0 Å². The fourth-order valence-electron chi connectivity index (χ4n) is 3.54. The first-order valence-electron chi connectivity index (χ1n) is 9.67. The Labute approximate surface area is 163 Å². The lowest BCUT2D eigenvalue weighted by atomic mass is 9.69. The first kappa shape index (κ1) is 21.1. The Morgan fingerprint density at radius 3 is 2.15 bits per heavy atom. The number of aromatic nitrogens is 1. The molecule has 144 valence electrons. The van der Waals surface area contributed by atoms with E-state index in [1.54, 1.807) is 11.3 Å². The standard InChI is InChI=1S/C23H36NOS/c1-17-21(12-13-25)26-16-24(17)15-18-8-10-19(11-9-18)20(23(5,6)7)14-22(2,3)4/h8-11,16,20,25H,12-15H2,1-7H3/q+1. The average molecular weight is 375 g/mol. The van der Waals surface area contributed by atoms with Crippen LogP contribution in [0.1, 0.15) is 75.6 Å². The molecule has 1 aromatic heterocycles. The van der Waals surface area contributed by atoms with Crippen LogP contribution >= 0.6 is 11.3 Å². The second-order valence-corrected chi connectivity index (χ2v) is 10.7. The van der Waals surface area contributed by atoms with E-state index in [2.05, 4.69) is 82.8 Å². The van der Waals surface area contributed by atoms with Crippen LogP contribution in [0.3, 0.4) is 0 Å². The molecular weight excluding hydrogens is 338 g/mol. The summed E-state index contributed by atoms with van der Waals surface area (Å²) in [5, 5.41) is 9.17. The van der Waals surface area contributed by atoms with E-state index in [-0.39, 0.29) is 12.0 Å². The van der Waals surface area contributed by atoms with Gasteiger partial charge in [0.1, 0.15) is 0 Å². The molecule has 0 amide bonds. The summed E-state index contributed by atoms with van der Waals surface area (Å²) in [6.07, 6.45) is 1.95. The molecule has 1 heterocycles. The fourth-order valence-corrected chi connectivity index (χ4v) is 4.52. The summed E-state index contributed by atoms with van der Waals surface area (Å²) in [5.74, 6) is 0.559. The molecule has 0 bridgehead atoms. The molecule has 0 radical (unpaired) electrons. The van der Waals surface area contributed by atoms with Crippen molar-refractivity contribution in [3.05, 3.63) is 51.5 Å². The summed E-state index contributed by atoms with van der Waals surface area (Å²) in [5.41, 5.74) is 6.80. The summed E-state index contributed by atoms with van der Waals surface area (Å²) in [6.45, 7) is 17.3. The van der Waals surface area contributed by atoms with Gasteiger partial charge in [-0.3, -0.25) is 0 Å². The lowest BCUT2D eigenvalue weighted by Gasteiger charge is -2.36. The van der Waals surface area contributed by atoms with Crippen LogP contribution in [0.25, 0.3) is 0 Å². The maximum absolute atomic E-state index is 9.17. The van der Waals surface area contributed by atoms with Crippen LogP contribution in [0.4, 0.5) is 0 Å². The van der Waals surface area contributed by atoms with E-state index in [0.717, 1.165) is 13.0 Å². The summed E-state index contributed by atoms with van der Waals surface area (Å²) >= 11 is 1.74. The Balaban J connectivity index is 2.18. The SMILES string of the molecule is Cc1c(CCO)sc[n+]1Cc1ccc(C(CC(C)(C)C)C(C)(C)C)cc1. The maximum Gasteiger partial charge on any atom is 0.225 e. The average Bonchev–Trinajstić information content (AvgIpc) is 2.85. The molecule has 1 aromatic carbocycles. The van der Waals surface area contributed by atoms with Crippen LogP contribution < -0.4 is 4.57 Å². The van der Waals surface area contributed by atoms with Crippen molar-refractivity contribution >= 4 is 11.3 Å². The van der Waals surface area contributed by atoms with Crippen LogP contribution in [0, 0.1) is 17.8 Å². The summed E-state index contributed by atoms with van der Waals surface area (Å²) in [7, 11) is 0. The van der Waals surface area contributed by atoms with Gasteiger partial charge < -0.3 is 5.11 Å². The molecule has 0 aliphatic carbocycles. The van der Waals surface area contributed by atoms with E-state index in [1.807, 2.05) is 0 Å². The highest BCUT2D eigenvalue weighted by Crippen LogP contribution is 2.43. The molecule has 0 aliphatic heterocycles. The van der Waals surface area contributed by atoms with Gasteiger partial charge in [-0.25, -0.2) is 0 Å². The third kappa shape index (κ3) is 5.65. The van der Waals surface area contributed by atoms with E-state index >= 15 is 0 Å². The first-order chi connectivity index (χ1) is 12.0. The molecule has 0 spiro atoms. The van der Waals surface area contributed by atoms with E-state index in [1.165, 1.54) is 28.1 Å².